The number of rotatable bonds is 7. The van der Waals surface area contributed by atoms with Crippen LogP contribution in [0.4, 0.5) is 5.69 Å². The first-order valence-electron chi connectivity index (χ1n) is 9.32. The Hall–Kier alpha value is -3.30. The lowest BCUT2D eigenvalue weighted by Crippen LogP contribution is -2.19. The summed E-state index contributed by atoms with van der Waals surface area (Å²) in [4.78, 5) is 16.9. The first-order chi connectivity index (χ1) is 14.6. The van der Waals surface area contributed by atoms with Gasteiger partial charge in [0.2, 0.25) is 5.91 Å². The lowest BCUT2D eigenvalue weighted by Gasteiger charge is -2.09. The van der Waals surface area contributed by atoms with E-state index in [4.69, 9.17) is 17.0 Å². The average molecular weight is 438 g/mol. The Labute approximate surface area is 182 Å². The summed E-state index contributed by atoms with van der Waals surface area (Å²) in [5.74, 6) is 1.18. The standard InChI is InChI=1S/C21H19N5O2S2/c1-2-28-17-9-5-14(6-10-17)19-24-25-21(29)26(19)13-18(27)23-16-7-3-15(4-8-16)20-22-11-12-30-20/h3-12H,2,13H2,1H3,(H,23,27)(H,25,29). The molecule has 0 saturated carbocycles. The molecule has 0 radical (unpaired) electrons. The zero-order chi connectivity index (χ0) is 20.9. The summed E-state index contributed by atoms with van der Waals surface area (Å²) >= 11 is 6.89. The molecule has 2 aromatic heterocycles. The molecule has 9 heteroatoms. The lowest BCUT2D eigenvalue weighted by molar-refractivity contribution is -0.116. The van der Waals surface area contributed by atoms with Crippen LogP contribution >= 0.6 is 23.6 Å². The maximum atomic E-state index is 12.6. The van der Waals surface area contributed by atoms with Crippen LogP contribution in [-0.4, -0.2) is 32.3 Å². The summed E-state index contributed by atoms with van der Waals surface area (Å²) in [7, 11) is 0. The zero-order valence-corrected chi connectivity index (χ0v) is 17.8. The quantitative estimate of drug-likeness (QED) is 0.407. The van der Waals surface area contributed by atoms with Crippen molar-refractivity contribution >= 4 is 35.1 Å². The Kier molecular flexibility index (Phi) is 6.01. The minimum Gasteiger partial charge on any atom is -0.494 e. The molecule has 0 aliphatic heterocycles. The highest BCUT2D eigenvalue weighted by Gasteiger charge is 2.13. The van der Waals surface area contributed by atoms with E-state index in [0.717, 1.165) is 21.9 Å². The maximum Gasteiger partial charge on any atom is 0.244 e. The molecule has 4 aromatic rings. The molecule has 30 heavy (non-hydrogen) atoms. The molecule has 4 rings (SSSR count). The topological polar surface area (TPSA) is 84.8 Å². The molecular weight excluding hydrogens is 418 g/mol. The first-order valence-corrected chi connectivity index (χ1v) is 10.6. The number of benzene rings is 2. The van der Waals surface area contributed by atoms with Crippen molar-refractivity contribution in [2.75, 3.05) is 11.9 Å². The van der Waals surface area contributed by atoms with Crippen molar-refractivity contribution in [3.8, 4) is 27.7 Å². The van der Waals surface area contributed by atoms with Crippen molar-refractivity contribution in [2.45, 2.75) is 13.5 Å². The number of nitrogens with one attached hydrogen (secondary N) is 2. The maximum absolute atomic E-state index is 12.6. The van der Waals surface area contributed by atoms with Gasteiger partial charge < -0.3 is 10.1 Å². The second-order valence-corrected chi connectivity index (χ2v) is 7.64. The molecule has 1 amide bonds. The van der Waals surface area contributed by atoms with Crippen LogP contribution in [0.1, 0.15) is 6.92 Å². The van der Waals surface area contributed by atoms with Gasteiger partial charge in [-0.3, -0.25) is 14.5 Å². The van der Waals surface area contributed by atoms with Gasteiger partial charge in [0.25, 0.3) is 0 Å². The van der Waals surface area contributed by atoms with E-state index in [9.17, 15) is 4.79 Å². The molecule has 0 aliphatic carbocycles. The lowest BCUT2D eigenvalue weighted by atomic mass is 10.2. The van der Waals surface area contributed by atoms with Crippen LogP contribution in [0.2, 0.25) is 0 Å². The number of ether oxygens (including phenoxy) is 1. The highest BCUT2D eigenvalue weighted by Crippen LogP contribution is 2.24. The molecule has 2 heterocycles. The Morgan fingerprint density at radius 3 is 2.57 bits per heavy atom. The number of hydrogen-bond acceptors (Lipinski definition) is 6. The second kappa shape index (κ2) is 9.02. The van der Waals surface area contributed by atoms with Crippen LogP contribution in [0.3, 0.4) is 0 Å². The zero-order valence-electron chi connectivity index (χ0n) is 16.2. The minimum absolute atomic E-state index is 0.0477. The number of aromatic nitrogens is 4. The molecule has 2 N–H and O–H groups in total. The van der Waals surface area contributed by atoms with Crippen LogP contribution in [0.25, 0.3) is 22.0 Å². The number of carbonyl (C=O) groups is 1. The van der Waals surface area contributed by atoms with Gasteiger partial charge in [-0.15, -0.1) is 11.3 Å². The van der Waals surface area contributed by atoms with Gasteiger partial charge in [0, 0.05) is 28.4 Å². The molecule has 0 spiro atoms. The number of nitrogens with zero attached hydrogens (tertiary/aromatic N) is 3. The number of aromatic amines is 1. The third-order valence-corrected chi connectivity index (χ3v) is 5.47. The van der Waals surface area contributed by atoms with Crippen molar-refractivity contribution in [1.82, 2.24) is 19.7 Å². The minimum atomic E-state index is -0.193. The number of hydrogen-bond donors (Lipinski definition) is 2. The third kappa shape index (κ3) is 4.47. The number of thiazole rings is 1. The van der Waals surface area contributed by atoms with Crippen molar-refractivity contribution in [3.63, 3.8) is 0 Å². The van der Waals surface area contributed by atoms with E-state index >= 15 is 0 Å². The molecule has 0 fully saturated rings. The van der Waals surface area contributed by atoms with Crippen LogP contribution in [0, 0.1) is 4.77 Å². The molecule has 7 nitrogen and oxygen atoms in total. The number of carbonyl (C=O) groups excluding carboxylic acids is 1. The molecular formula is C21H19N5O2S2. The molecule has 2 aromatic carbocycles. The van der Waals surface area contributed by atoms with E-state index in [1.54, 1.807) is 22.1 Å². The van der Waals surface area contributed by atoms with E-state index in [-0.39, 0.29) is 12.5 Å². The van der Waals surface area contributed by atoms with E-state index in [2.05, 4.69) is 20.5 Å². The van der Waals surface area contributed by atoms with Gasteiger partial charge in [-0.25, -0.2) is 4.98 Å². The molecule has 0 aliphatic rings. The van der Waals surface area contributed by atoms with Crippen LogP contribution < -0.4 is 10.1 Å². The Morgan fingerprint density at radius 1 is 1.17 bits per heavy atom. The summed E-state index contributed by atoms with van der Waals surface area (Å²) in [6.07, 6.45) is 1.77. The summed E-state index contributed by atoms with van der Waals surface area (Å²) < 4.78 is 7.53. The summed E-state index contributed by atoms with van der Waals surface area (Å²) in [5.41, 5.74) is 2.56. The van der Waals surface area contributed by atoms with Crippen LogP contribution in [-0.2, 0) is 11.3 Å². The molecule has 0 bridgehead atoms. The van der Waals surface area contributed by atoms with Crippen molar-refractivity contribution in [1.29, 1.82) is 0 Å². The van der Waals surface area contributed by atoms with E-state index in [1.165, 1.54) is 0 Å². The predicted octanol–water partition coefficient (Wildman–Crippen LogP) is 4.77. The summed E-state index contributed by atoms with van der Waals surface area (Å²) in [6, 6.07) is 15.1. The van der Waals surface area contributed by atoms with Gasteiger partial charge >= 0.3 is 0 Å². The monoisotopic (exact) mass is 437 g/mol. The Balaban J connectivity index is 1.47. The number of amides is 1. The predicted molar refractivity (Wildman–Crippen MR) is 120 cm³/mol. The van der Waals surface area contributed by atoms with E-state index < -0.39 is 0 Å². The third-order valence-electron chi connectivity index (χ3n) is 4.33. The number of H-pyrrole nitrogens is 1. The Bertz CT molecular complexity index is 1180. The average Bonchev–Trinajstić information content (AvgIpc) is 3.41. The summed E-state index contributed by atoms with van der Waals surface area (Å²) in [5, 5.41) is 12.8. The highest BCUT2D eigenvalue weighted by atomic mass is 32.1. The highest BCUT2D eigenvalue weighted by molar-refractivity contribution is 7.71. The van der Waals surface area contributed by atoms with Crippen molar-refractivity contribution in [2.24, 2.45) is 0 Å². The molecule has 0 unspecified atom stereocenters. The first kappa shape index (κ1) is 20.0. The Morgan fingerprint density at radius 2 is 1.90 bits per heavy atom. The van der Waals surface area contributed by atoms with Crippen molar-refractivity contribution < 1.29 is 9.53 Å². The van der Waals surface area contributed by atoms with Gasteiger partial charge in [0.1, 0.15) is 17.3 Å². The largest absolute Gasteiger partial charge is 0.494 e. The SMILES string of the molecule is CCOc1ccc(-c2n[nH]c(=S)n2CC(=O)Nc2ccc(-c3nccs3)cc2)cc1. The smallest absolute Gasteiger partial charge is 0.244 e. The van der Waals surface area contributed by atoms with Crippen molar-refractivity contribution in [3.05, 3.63) is 64.9 Å². The molecule has 0 atom stereocenters. The van der Waals surface area contributed by atoms with Gasteiger partial charge in [0.15, 0.2) is 10.6 Å². The summed E-state index contributed by atoms with van der Waals surface area (Å²) in [6.45, 7) is 2.58. The number of anilines is 1. The van der Waals surface area contributed by atoms with Gasteiger partial charge in [-0.1, -0.05) is 0 Å². The molecule has 152 valence electrons. The van der Waals surface area contributed by atoms with E-state index in [1.807, 2.05) is 60.8 Å². The van der Waals surface area contributed by atoms with Crippen LogP contribution in [0.5, 0.6) is 5.75 Å². The fourth-order valence-electron chi connectivity index (χ4n) is 2.96. The molecule has 0 saturated heterocycles. The van der Waals surface area contributed by atoms with Gasteiger partial charge in [0.05, 0.1) is 6.61 Å². The fraction of sp³-hybridized carbons (Fsp3) is 0.143. The fourth-order valence-corrected chi connectivity index (χ4v) is 3.80. The van der Waals surface area contributed by atoms with E-state index in [0.29, 0.717) is 22.9 Å². The normalized spacial score (nSPS) is 10.7. The second-order valence-electron chi connectivity index (χ2n) is 6.36. The van der Waals surface area contributed by atoms with Crippen LogP contribution in [0.15, 0.2) is 60.1 Å². The van der Waals surface area contributed by atoms with Gasteiger partial charge in [-0.05, 0) is 67.7 Å². The van der Waals surface area contributed by atoms with Gasteiger partial charge in [-0.2, -0.15) is 5.10 Å².